The maximum atomic E-state index is 12.8. The standard InChI is InChI=1S/C22H24N4OS2/c1-5-16-6-8-17(9-7-16)21-24-18(13-28-21)10-20(27)25(4)12-19-15(3)23-22-26(19)11-14(2)29-22/h6-9,11,13H,5,10,12H2,1-4H3. The maximum absolute atomic E-state index is 12.8. The lowest BCUT2D eigenvalue weighted by Crippen LogP contribution is -2.28. The molecule has 0 fully saturated rings. The van der Waals surface area contributed by atoms with E-state index in [9.17, 15) is 4.79 Å². The van der Waals surface area contributed by atoms with Gasteiger partial charge in [0.2, 0.25) is 5.91 Å². The topological polar surface area (TPSA) is 50.5 Å². The van der Waals surface area contributed by atoms with Crippen LogP contribution < -0.4 is 0 Å². The van der Waals surface area contributed by atoms with Crippen LogP contribution in [0.3, 0.4) is 0 Å². The van der Waals surface area contributed by atoms with E-state index in [1.807, 2.05) is 19.4 Å². The molecule has 0 aliphatic rings. The Morgan fingerprint density at radius 3 is 2.66 bits per heavy atom. The molecule has 3 heterocycles. The van der Waals surface area contributed by atoms with E-state index in [4.69, 9.17) is 0 Å². The molecule has 29 heavy (non-hydrogen) atoms. The van der Waals surface area contributed by atoms with Crippen LogP contribution in [0.2, 0.25) is 0 Å². The molecule has 0 aliphatic heterocycles. The number of imidazole rings is 1. The molecule has 0 aliphatic carbocycles. The van der Waals surface area contributed by atoms with Gasteiger partial charge in [0, 0.05) is 29.1 Å². The molecule has 0 saturated heterocycles. The summed E-state index contributed by atoms with van der Waals surface area (Å²) in [5.41, 5.74) is 5.28. The average Bonchev–Trinajstić information content (AvgIpc) is 3.38. The minimum Gasteiger partial charge on any atom is -0.340 e. The summed E-state index contributed by atoms with van der Waals surface area (Å²) >= 11 is 3.26. The number of carbonyl (C=O) groups excluding carboxylic acids is 1. The van der Waals surface area contributed by atoms with Gasteiger partial charge in [0.15, 0.2) is 4.96 Å². The van der Waals surface area contributed by atoms with Gasteiger partial charge in [0.1, 0.15) is 5.01 Å². The van der Waals surface area contributed by atoms with Gasteiger partial charge in [-0.05, 0) is 25.8 Å². The summed E-state index contributed by atoms with van der Waals surface area (Å²) in [4.78, 5) is 26.0. The first-order valence-corrected chi connectivity index (χ1v) is 11.4. The van der Waals surface area contributed by atoms with Crippen LogP contribution in [0.1, 0.15) is 34.4 Å². The minimum atomic E-state index is 0.0597. The van der Waals surface area contributed by atoms with Crippen LogP contribution in [0.25, 0.3) is 15.5 Å². The van der Waals surface area contributed by atoms with Crippen molar-refractivity contribution in [3.8, 4) is 10.6 Å². The number of nitrogens with zero attached hydrogens (tertiary/aromatic N) is 4. The summed E-state index contributed by atoms with van der Waals surface area (Å²) in [5.74, 6) is 0.0597. The lowest BCUT2D eigenvalue weighted by atomic mass is 10.1. The molecular formula is C22H24N4OS2. The molecule has 0 atom stereocenters. The van der Waals surface area contributed by atoms with Crippen LogP contribution in [0.15, 0.2) is 35.8 Å². The van der Waals surface area contributed by atoms with Crippen molar-refractivity contribution in [3.63, 3.8) is 0 Å². The predicted molar refractivity (Wildman–Crippen MR) is 120 cm³/mol. The number of fused-ring (bicyclic) bond motifs is 1. The molecule has 150 valence electrons. The second-order valence-electron chi connectivity index (χ2n) is 7.26. The maximum Gasteiger partial charge on any atom is 0.228 e. The Morgan fingerprint density at radius 2 is 1.93 bits per heavy atom. The number of rotatable bonds is 6. The number of hydrogen-bond donors (Lipinski definition) is 0. The van der Waals surface area contributed by atoms with E-state index < -0.39 is 0 Å². The first-order valence-electron chi connectivity index (χ1n) is 9.66. The minimum absolute atomic E-state index is 0.0597. The number of aromatic nitrogens is 3. The quantitative estimate of drug-likeness (QED) is 0.442. The molecule has 0 unspecified atom stereocenters. The van der Waals surface area contributed by atoms with E-state index >= 15 is 0 Å². The molecule has 0 bridgehead atoms. The van der Waals surface area contributed by atoms with Gasteiger partial charge in [-0.25, -0.2) is 9.97 Å². The number of hydrogen-bond acceptors (Lipinski definition) is 5. The fraction of sp³-hybridized carbons (Fsp3) is 0.318. The van der Waals surface area contributed by atoms with Crippen molar-refractivity contribution in [1.82, 2.24) is 19.3 Å². The smallest absolute Gasteiger partial charge is 0.228 e. The zero-order valence-corrected chi connectivity index (χ0v) is 18.7. The van der Waals surface area contributed by atoms with Crippen molar-refractivity contribution >= 4 is 33.5 Å². The molecule has 0 radical (unpaired) electrons. The number of likely N-dealkylation sites (N-methyl/N-ethyl adjacent to an activating group) is 1. The van der Waals surface area contributed by atoms with Gasteiger partial charge in [-0.1, -0.05) is 31.2 Å². The number of benzene rings is 1. The van der Waals surface area contributed by atoms with Crippen molar-refractivity contribution in [2.45, 2.75) is 40.2 Å². The van der Waals surface area contributed by atoms with Gasteiger partial charge in [-0.15, -0.1) is 22.7 Å². The number of thiazole rings is 2. The van der Waals surface area contributed by atoms with E-state index in [1.54, 1.807) is 27.6 Å². The van der Waals surface area contributed by atoms with Crippen LogP contribution in [0, 0.1) is 13.8 Å². The third kappa shape index (κ3) is 4.11. The average molecular weight is 425 g/mol. The van der Waals surface area contributed by atoms with Crippen molar-refractivity contribution < 1.29 is 4.79 Å². The summed E-state index contributed by atoms with van der Waals surface area (Å²) in [7, 11) is 1.84. The molecule has 4 rings (SSSR count). The van der Waals surface area contributed by atoms with Gasteiger partial charge in [-0.3, -0.25) is 9.20 Å². The zero-order chi connectivity index (χ0) is 20.5. The summed E-state index contributed by atoms with van der Waals surface area (Å²) in [6.07, 6.45) is 3.42. The number of carbonyl (C=O) groups is 1. The number of amides is 1. The lowest BCUT2D eigenvalue weighted by molar-refractivity contribution is -0.129. The van der Waals surface area contributed by atoms with E-state index in [2.05, 4.69) is 58.7 Å². The van der Waals surface area contributed by atoms with Crippen molar-refractivity contribution in [3.05, 3.63) is 63.4 Å². The van der Waals surface area contributed by atoms with Gasteiger partial charge in [0.25, 0.3) is 0 Å². The number of aryl methyl sites for hydroxylation is 3. The molecule has 0 N–H and O–H groups in total. The van der Waals surface area contributed by atoms with Gasteiger partial charge < -0.3 is 4.90 Å². The summed E-state index contributed by atoms with van der Waals surface area (Å²) in [6.45, 7) is 6.76. The highest BCUT2D eigenvalue weighted by Gasteiger charge is 2.17. The van der Waals surface area contributed by atoms with Crippen LogP contribution in [-0.2, 0) is 24.2 Å². The van der Waals surface area contributed by atoms with Crippen LogP contribution >= 0.6 is 22.7 Å². The van der Waals surface area contributed by atoms with Crippen LogP contribution in [-0.4, -0.2) is 32.2 Å². The molecule has 1 aromatic carbocycles. The Hall–Kier alpha value is -2.51. The molecule has 5 nitrogen and oxygen atoms in total. The second kappa shape index (κ2) is 8.08. The molecule has 0 spiro atoms. The van der Waals surface area contributed by atoms with E-state index in [-0.39, 0.29) is 5.91 Å². The highest BCUT2D eigenvalue weighted by molar-refractivity contribution is 7.17. The normalized spacial score (nSPS) is 11.3. The highest BCUT2D eigenvalue weighted by atomic mass is 32.1. The molecular weight excluding hydrogens is 400 g/mol. The monoisotopic (exact) mass is 424 g/mol. The molecule has 1 amide bonds. The highest BCUT2D eigenvalue weighted by Crippen LogP contribution is 2.25. The third-order valence-corrected chi connectivity index (χ3v) is 6.89. The zero-order valence-electron chi connectivity index (χ0n) is 17.1. The van der Waals surface area contributed by atoms with E-state index in [0.29, 0.717) is 13.0 Å². The van der Waals surface area contributed by atoms with E-state index in [0.717, 1.165) is 39.0 Å². The molecule has 4 aromatic rings. The van der Waals surface area contributed by atoms with Crippen LogP contribution in [0.4, 0.5) is 0 Å². The fourth-order valence-corrected chi connectivity index (χ4v) is 5.02. The van der Waals surface area contributed by atoms with Gasteiger partial charge >= 0.3 is 0 Å². The third-order valence-electron chi connectivity index (χ3n) is 5.05. The van der Waals surface area contributed by atoms with Crippen molar-refractivity contribution in [2.24, 2.45) is 0 Å². The Bertz CT molecular complexity index is 1150. The predicted octanol–water partition coefficient (Wildman–Crippen LogP) is 4.90. The first-order chi connectivity index (χ1) is 13.9. The summed E-state index contributed by atoms with van der Waals surface area (Å²) in [5, 5.41) is 2.94. The fourth-order valence-electron chi connectivity index (χ4n) is 3.31. The van der Waals surface area contributed by atoms with Gasteiger partial charge in [-0.2, -0.15) is 0 Å². The molecule has 7 heteroatoms. The lowest BCUT2D eigenvalue weighted by Gasteiger charge is -2.16. The Morgan fingerprint density at radius 1 is 1.17 bits per heavy atom. The van der Waals surface area contributed by atoms with Crippen molar-refractivity contribution in [1.29, 1.82) is 0 Å². The Kier molecular flexibility index (Phi) is 5.52. The largest absolute Gasteiger partial charge is 0.340 e. The second-order valence-corrected chi connectivity index (χ2v) is 9.33. The first kappa shape index (κ1) is 19.8. The van der Waals surface area contributed by atoms with Crippen molar-refractivity contribution in [2.75, 3.05) is 7.05 Å². The van der Waals surface area contributed by atoms with E-state index in [1.165, 1.54) is 10.4 Å². The van der Waals surface area contributed by atoms with Crippen LogP contribution in [0.5, 0.6) is 0 Å². The molecule has 0 saturated carbocycles. The summed E-state index contributed by atoms with van der Waals surface area (Å²) in [6, 6.07) is 8.48. The van der Waals surface area contributed by atoms with Gasteiger partial charge in [0.05, 0.1) is 30.0 Å². The Labute approximate surface area is 178 Å². The Balaban J connectivity index is 1.44. The summed E-state index contributed by atoms with van der Waals surface area (Å²) < 4.78 is 2.10. The SMILES string of the molecule is CCc1ccc(-c2nc(CC(=O)N(C)Cc3c(C)nc4sc(C)cn34)cs2)cc1. The molecule has 3 aromatic heterocycles.